The van der Waals surface area contributed by atoms with Crippen LogP contribution in [-0.4, -0.2) is 11.6 Å². The Morgan fingerprint density at radius 3 is 2.29 bits per heavy atom. The Morgan fingerprint density at radius 2 is 1.82 bits per heavy atom. The van der Waals surface area contributed by atoms with Crippen molar-refractivity contribution in [2.45, 2.75) is 27.7 Å². The summed E-state index contributed by atoms with van der Waals surface area (Å²) in [5.74, 6) is 0. The van der Waals surface area contributed by atoms with E-state index in [2.05, 4.69) is 11.5 Å². The van der Waals surface area contributed by atoms with E-state index in [-0.39, 0.29) is 38.1 Å². The monoisotopic (exact) mass is 307 g/mol. The molecule has 1 aromatic rings. The molecule has 17 heavy (non-hydrogen) atoms. The summed E-state index contributed by atoms with van der Waals surface area (Å²) in [5, 5.41) is 4.10. The van der Waals surface area contributed by atoms with Crippen LogP contribution < -0.4 is 5.43 Å². The summed E-state index contributed by atoms with van der Waals surface area (Å²) in [7, 11) is 3.63. The molecule has 0 atom stereocenters. The Balaban J connectivity index is 0.00000256. The average molecular weight is 307 g/mol. The third-order valence-corrected chi connectivity index (χ3v) is 3.15. The zero-order chi connectivity index (χ0) is 12.5. The van der Waals surface area contributed by atoms with Crippen molar-refractivity contribution in [3.05, 3.63) is 44.3 Å². The number of hydrogen-bond acceptors (Lipinski definition) is 1. The second kappa shape index (κ2) is 6.51. The van der Waals surface area contributed by atoms with E-state index in [4.69, 9.17) is 0 Å². The number of allylic oxidation sites excluding steroid dienone is 2. The van der Waals surface area contributed by atoms with Crippen LogP contribution in [-0.2, 0) is 39.8 Å². The van der Waals surface area contributed by atoms with Crippen molar-refractivity contribution < 1.29 is 32.7 Å². The van der Waals surface area contributed by atoms with Crippen LogP contribution >= 0.6 is 0 Å². The first kappa shape index (κ1) is 16.6. The molecule has 0 saturated heterocycles. The van der Waals surface area contributed by atoms with Gasteiger partial charge < -0.3 is 14.7 Å². The van der Waals surface area contributed by atoms with Crippen molar-refractivity contribution in [2.24, 2.45) is 7.05 Å². The van der Waals surface area contributed by atoms with Crippen LogP contribution in [0.3, 0.4) is 0 Å². The molecule has 1 rings (SSSR count). The van der Waals surface area contributed by atoms with Crippen molar-refractivity contribution in [3.63, 3.8) is 0 Å². The van der Waals surface area contributed by atoms with Gasteiger partial charge in [-0.2, -0.15) is 0 Å². The third-order valence-electron chi connectivity index (χ3n) is 3.15. The van der Waals surface area contributed by atoms with Gasteiger partial charge in [-0.15, -0.1) is 12.6 Å². The maximum Gasteiger partial charge on any atom is 0.0978 e. The van der Waals surface area contributed by atoms with Crippen LogP contribution in [0.5, 0.6) is 0 Å². The molecule has 0 amide bonds. The van der Waals surface area contributed by atoms with Crippen molar-refractivity contribution in [1.29, 1.82) is 0 Å². The number of nitrogens with zero attached hydrogens (tertiary/aromatic N) is 2. The molecule has 0 aliphatic rings. The van der Waals surface area contributed by atoms with Gasteiger partial charge in [-0.05, 0) is 7.05 Å². The van der Waals surface area contributed by atoms with Gasteiger partial charge in [0.1, 0.15) is 0 Å². The Morgan fingerprint density at radius 1 is 1.29 bits per heavy atom. The summed E-state index contributed by atoms with van der Waals surface area (Å²) in [6.07, 6.45) is 3.09. The maximum atomic E-state index is 12.1. The first-order valence-corrected chi connectivity index (χ1v) is 5.27. The van der Waals surface area contributed by atoms with Gasteiger partial charge in [-0.1, -0.05) is 50.7 Å². The minimum absolute atomic E-state index is 0. The summed E-state index contributed by atoms with van der Waals surface area (Å²) in [6.45, 7) is 7.58. The third kappa shape index (κ3) is 3.29. The van der Waals surface area contributed by atoms with Gasteiger partial charge in [0.25, 0.3) is 0 Å². The Hall–Kier alpha value is -0.406. The second-order valence-corrected chi connectivity index (χ2v) is 4.02. The van der Waals surface area contributed by atoms with Crippen molar-refractivity contribution in [3.8, 4) is 0 Å². The molecule has 0 aliphatic carbocycles. The zero-order valence-corrected chi connectivity index (χ0v) is 14.2. The van der Waals surface area contributed by atoms with Gasteiger partial charge in [0.05, 0.1) is 5.43 Å². The van der Waals surface area contributed by atoms with E-state index in [9.17, 15) is 4.79 Å². The summed E-state index contributed by atoms with van der Waals surface area (Å²) in [4.78, 5) is 12.1. The Labute approximate surface area is 128 Å². The van der Waals surface area contributed by atoms with Gasteiger partial charge in [0.2, 0.25) is 0 Å². The number of rotatable bonds is 2. The summed E-state index contributed by atoms with van der Waals surface area (Å²) in [5.41, 5.74) is 4.17. The first-order chi connectivity index (χ1) is 7.40. The quantitative estimate of drug-likeness (QED) is 0.774. The van der Waals surface area contributed by atoms with E-state index >= 15 is 0 Å². The summed E-state index contributed by atoms with van der Waals surface area (Å²) in [6, 6.07) is 0. The normalized spacial score (nSPS) is 11.6. The molecular weight excluding hydrogens is 289 g/mol. The van der Waals surface area contributed by atoms with Crippen LogP contribution in [0, 0.1) is 20.0 Å². The fraction of sp³-hybridized carbons (Fsp3) is 0.462. The second-order valence-electron chi connectivity index (χ2n) is 4.02. The molecule has 1 heterocycles. The van der Waals surface area contributed by atoms with E-state index in [0.29, 0.717) is 5.56 Å². The maximum absolute atomic E-state index is 12.1. The zero-order valence-electron chi connectivity index (χ0n) is 11.4. The molecule has 0 spiro atoms. The number of aryl methyl sites for hydroxylation is 1. The van der Waals surface area contributed by atoms with Crippen LogP contribution in [0.2, 0.25) is 0 Å². The molecule has 1 radical (unpaired) electrons. The van der Waals surface area contributed by atoms with E-state index in [1.54, 1.807) is 7.05 Å². The van der Waals surface area contributed by atoms with E-state index in [1.807, 2.05) is 39.3 Å². The Bertz CT molecular complexity index is 501. The predicted molar refractivity (Wildman–Crippen MR) is 67.5 cm³/mol. The summed E-state index contributed by atoms with van der Waals surface area (Å²) < 4.78 is 1.86. The topological polar surface area (TPSA) is 36.1 Å². The SMILES string of the molecule is C[N-]/C(C)=C(/C)c1[c-]n(C)c(C)c(C)c1=O.[Y]. The van der Waals surface area contributed by atoms with Gasteiger partial charge >= 0.3 is 0 Å². The van der Waals surface area contributed by atoms with Crippen LogP contribution in [0.25, 0.3) is 10.9 Å². The van der Waals surface area contributed by atoms with Gasteiger partial charge in [-0.3, -0.25) is 0 Å². The summed E-state index contributed by atoms with van der Waals surface area (Å²) >= 11 is 0. The van der Waals surface area contributed by atoms with Crippen molar-refractivity contribution in [2.75, 3.05) is 7.05 Å². The van der Waals surface area contributed by atoms with Crippen molar-refractivity contribution in [1.82, 2.24) is 4.57 Å². The molecule has 91 valence electrons. The molecule has 1 aromatic heterocycles. The molecule has 0 aliphatic heterocycles. The van der Waals surface area contributed by atoms with Gasteiger partial charge in [-0.25, -0.2) is 5.70 Å². The average Bonchev–Trinajstić information content (AvgIpc) is 2.29. The van der Waals surface area contributed by atoms with Crippen LogP contribution in [0.4, 0.5) is 0 Å². The fourth-order valence-electron chi connectivity index (χ4n) is 1.51. The molecule has 0 unspecified atom stereocenters. The number of pyridine rings is 1. The first-order valence-electron chi connectivity index (χ1n) is 5.27. The number of aromatic nitrogens is 1. The van der Waals surface area contributed by atoms with Gasteiger partial charge in [0.15, 0.2) is 0 Å². The molecule has 0 bridgehead atoms. The van der Waals surface area contributed by atoms with Crippen LogP contribution in [0.1, 0.15) is 30.7 Å². The Kier molecular flexibility index (Phi) is 6.35. The molecule has 0 saturated carbocycles. The van der Waals surface area contributed by atoms with Gasteiger partial charge in [0, 0.05) is 32.7 Å². The molecule has 4 heteroatoms. The van der Waals surface area contributed by atoms with E-state index in [0.717, 1.165) is 22.5 Å². The molecule has 0 aromatic carbocycles. The molecular formula is C13H18N2OY-2. The fourth-order valence-corrected chi connectivity index (χ4v) is 1.51. The standard InChI is InChI=1S/C13H18N2O.Y/c1-8(10(3)14-5)12-7-15(6)11(4)9(2)13(12)16;/h1-6H3;/q-2;/b10-8-;. The smallest absolute Gasteiger partial charge is 0.0978 e. The van der Waals surface area contributed by atoms with E-state index in [1.165, 1.54) is 0 Å². The van der Waals surface area contributed by atoms with E-state index < -0.39 is 0 Å². The largest absolute Gasteiger partial charge is 0.698 e. The minimum Gasteiger partial charge on any atom is -0.698 e. The molecule has 3 nitrogen and oxygen atoms in total. The van der Waals surface area contributed by atoms with Crippen LogP contribution in [0.15, 0.2) is 10.5 Å². The molecule has 0 N–H and O–H groups in total. The molecule has 0 fully saturated rings. The number of hydrogen-bond donors (Lipinski definition) is 0. The minimum atomic E-state index is 0. The predicted octanol–water partition coefficient (Wildman–Crippen LogP) is 2.55. The van der Waals surface area contributed by atoms with Crippen molar-refractivity contribution >= 4 is 5.57 Å².